The maximum atomic E-state index is 12.6. The molecule has 2 rings (SSSR count). The Hall–Kier alpha value is -2.40. The van der Waals surface area contributed by atoms with Gasteiger partial charge in [0.2, 0.25) is 0 Å². The first kappa shape index (κ1) is 19.9. The van der Waals surface area contributed by atoms with Gasteiger partial charge in [-0.3, -0.25) is 4.79 Å². The first-order chi connectivity index (χ1) is 12.3. The molecule has 2 aromatic carbocycles. The molecule has 0 radical (unpaired) electrons. The Balaban J connectivity index is 2.20. The monoisotopic (exact) mass is 377 g/mol. The zero-order chi connectivity index (χ0) is 19.3. The maximum Gasteiger partial charge on any atom is 0.255 e. The molecule has 5 nitrogen and oxygen atoms in total. The first-order valence-electron chi connectivity index (χ1n) is 8.34. The van der Waals surface area contributed by atoms with Gasteiger partial charge < -0.3 is 19.5 Å². The van der Waals surface area contributed by atoms with Crippen molar-refractivity contribution in [2.45, 2.75) is 32.9 Å². The fraction of sp³-hybridized carbons (Fsp3) is 0.350. The summed E-state index contributed by atoms with van der Waals surface area (Å²) in [6, 6.07) is 10.3. The Bertz CT molecular complexity index is 776. The van der Waals surface area contributed by atoms with Gasteiger partial charge in [-0.15, -0.1) is 0 Å². The molecule has 0 spiro atoms. The number of benzene rings is 2. The molecule has 1 N–H and O–H groups in total. The summed E-state index contributed by atoms with van der Waals surface area (Å²) in [4.78, 5) is 12.6. The zero-order valence-corrected chi connectivity index (χ0v) is 16.4. The highest BCUT2D eigenvalue weighted by Gasteiger charge is 2.17. The Morgan fingerprint density at radius 1 is 0.962 bits per heavy atom. The lowest BCUT2D eigenvalue weighted by Gasteiger charge is -2.19. The van der Waals surface area contributed by atoms with Crippen molar-refractivity contribution in [2.75, 3.05) is 14.2 Å². The van der Waals surface area contributed by atoms with E-state index < -0.39 is 0 Å². The molecular formula is C20H24ClNO4. The summed E-state index contributed by atoms with van der Waals surface area (Å²) in [5, 5.41) is 3.42. The molecule has 0 saturated carbocycles. The van der Waals surface area contributed by atoms with E-state index in [0.717, 1.165) is 5.56 Å². The van der Waals surface area contributed by atoms with Crippen molar-refractivity contribution >= 4 is 17.5 Å². The van der Waals surface area contributed by atoms with E-state index in [0.29, 0.717) is 27.8 Å². The van der Waals surface area contributed by atoms with Gasteiger partial charge in [-0.2, -0.15) is 0 Å². The van der Waals surface area contributed by atoms with Gasteiger partial charge in [-0.25, -0.2) is 0 Å². The lowest BCUT2D eigenvalue weighted by Crippen LogP contribution is -2.27. The third kappa shape index (κ3) is 4.82. The quantitative estimate of drug-likeness (QED) is 0.763. The van der Waals surface area contributed by atoms with Gasteiger partial charge >= 0.3 is 0 Å². The van der Waals surface area contributed by atoms with Gasteiger partial charge in [0.25, 0.3) is 5.91 Å². The zero-order valence-electron chi connectivity index (χ0n) is 15.6. The van der Waals surface area contributed by atoms with E-state index in [1.54, 1.807) is 25.3 Å². The van der Waals surface area contributed by atoms with Crippen LogP contribution in [-0.2, 0) is 0 Å². The van der Waals surface area contributed by atoms with Crippen LogP contribution < -0.4 is 19.5 Å². The Morgan fingerprint density at radius 2 is 1.62 bits per heavy atom. The Labute approximate surface area is 159 Å². The van der Waals surface area contributed by atoms with Gasteiger partial charge in [0.05, 0.1) is 31.9 Å². The average Bonchev–Trinajstić information content (AvgIpc) is 2.61. The van der Waals surface area contributed by atoms with E-state index in [1.165, 1.54) is 7.11 Å². The first-order valence-corrected chi connectivity index (χ1v) is 8.72. The summed E-state index contributed by atoms with van der Waals surface area (Å²) < 4.78 is 16.4. The molecule has 1 amide bonds. The van der Waals surface area contributed by atoms with Crippen molar-refractivity contribution in [1.29, 1.82) is 0 Å². The molecule has 0 aliphatic carbocycles. The predicted molar refractivity (Wildman–Crippen MR) is 103 cm³/mol. The average molecular weight is 378 g/mol. The van der Waals surface area contributed by atoms with E-state index >= 15 is 0 Å². The normalized spacial score (nSPS) is 11.8. The molecule has 1 unspecified atom stereocenters. The second-order valence-corrected chi connectivity index (χ2v) is 6.55. The topological polar surface area (TPSA) is 56.8 Å². The number of methoxy groups -OCH3 is 2. The van der Waals surface area contributed by atoms with Crippen molar-refractivity contribution in [3.63, 3.8) is 0 Å². The van der Waals surface area contributed by atoms with Crippen LogP contribution in [0.25, 0.3) is 0 Å². The van der Waals surface area contributed by atoms with Crippen LogP contribution in [0.5, 0.6) is 17.2 Å². The van der Waals surface area contributed by atoms with Crippen molar-refractivity contribution in [1.82, 2.24) is 5.32 Å². The summed E-state index contributed by atoms with van der Waals surface area (Å²) in [7, 11) is 3.11. The van der Waals surface area contributed by atoms with Crippen LogP contribution in [0.15, 0.2) is 36.4 Å². The van der Waals surface area contributed by atoms with Crippen molar-refractivity contribution in [3.05, 3.63) is 52.5 Å². The van der Waals surface area contributed by atoms with E-state index in [9.17, 15) is 4.79 Å². The minimum atomic E-state index is -0.265. The number of carbonyl (C=O) groups excluding carboxylic acids is 1. The van der Waals surface area contributed by atoms with E-state index in [4.69, 9.17) is 25.8 Å². The third-order valence-electron chi connectivity index (χ3n) is 3.80. The smallest absolute Gasteiger partial charge is 0.255 e. The highest BCUT2D eigenvalue weighted by molar-refractivity contribution is 6.31. The van der Waals surface area contributed by atoms with Crippen LogP contribution in [0, 0.1) is 0 Å². The van der Waals surface area contributed by atoms with Gasteiger partial charge in [0.15, 0.2) is 11.5 Å². The minimum Gasteiger partial charge on any atom is -0.496 e. The number of hydrogen-bond acceptors (Lipinski definition) is 4. The number of amides is 1. The van der Waals surface area contributed by atoms with E-state index in [2.05, 4.69) is 5.32 Å². The molecule has 0 aliphatic rings. The van der Waals surface area contributed by atoms with Crippen molar-refractivity contribution < 1.29 is 19.0 Å². The van der Waals surface area contributed by atoms with Crippen LogP contribution in [0.4, 0.5) is 0 Å². The summed E-state index contributed by atoms with van der Waals surface area (Å²) in [6.45, 7) is 5.80. The second-order valence-electron chi connectivity index (χ2n) is 6.12. The molecule has 2 aromatic rings. The molecule has 0 aromatic heterocycles. The summed E-state index contributed by atoms with van der Waals surface area (Å²) >= 11 is 6.00. The molecule has 26 heavy (non-hydrogen) atoms. The van der Waals surface area contributed by atoms with Gasteiger partial charge in [-0.05, 0) is 56.7 Å². The molecule has 6 heteroatoms. The van der Waals surface area contributed by atoms with Crippen molar-refractivity contribution in [3.8, 4) is 17.2 Å². The standard InChI is InChI=1S/C20H24ClNO4/c1-12(2)26-18-8-6-14(10-19(18)25-5)13(3)22-20(23)16-11-15(21)7-9-17(16)24-4/h6-13H,1-5H3,(H,22,23). The molecule has 0 aliphatic heterocycles. The van der Waals surface area contributed by atoms with Gasteiger partial charge in [-0.1, -0.05) is 17.7 Å². The van der Waals surface area contributed by atoms with Gasteiger partial charge in [0.1, 0.15) is 5.75 Å². The number of rotatable bonds is 7. The molecule has 0 bridgehead atoms. The highest BCUT2D eigenvalue weighted by atomic mass is 35.5. The number of nitrogens with one attached hydrogen (secondary N) is 1. The second kappa shape index (κ2) is 8.81. The van der Waals surface area contributed by atoms with Crippen LogP contribution in [0.3, 0.4) is 0 Å². The van der Waals surface area contributed by atoms with Crippen LogP contribution in [0.2, 0.25) is 5.02 Å². The largest absolute Gasteiger partial charge is 0.496 e. The lowest BCUT2D eigenvalue weighted by atomic mass is 10.1. The predicted octanol–water partition coefficient (Wildman–Crippen LogP) is 4.64. The SMILES string of the molecule is COc1cc(C(C)NC(=O)c2cc(Cl)ccc2OC)ccc1OC(C)C. The summed E-state index contributed by atoms with van der Waals surface area (Å²) in [5.74, 6) is 1.50. The maximum absolute atomic E-state index is 12.6. The number of ether oxygens (including phenoxy) is 3. The van der Waals surface area contributed by atoms with Crippen LogP contribution in [-0.4, -0.2) is 26.2 Å². The van der Waals surface area contributed by atoms with Crippen LogP contribution >= 0.6 is 11.6 Å². The molecular weight excluding hydrogens is 354 g/mol. The molecule has 0 saturated heterocycles. The van der Waals surface area contributed by atoms with Crippen molar-refractivity contribution in [2.24, 2.45) is 0 Å². The number of halogens is 1. The fourth-order valence-electron chi connectivity index (χ4n) is 2.52. The minimum absolute atomic E-state index is 0.0437. The molecule has 1 atom stereocenters. The summed E-state index contributed by atoms with van der Waals surface area (Å²) in [5.41, 5.74) is 1.28. The van der Waals surface area contributed by atoms with E-state index in [1.807, 2.05) is 39.0 Å². The third-order valence-corrected chi connectivity index (χ3v) is 4.04. The Kier molecular flexibility index (Phi) is 6.75. The lowest BCUT2D eigenvalue weighted by molar-refractivity contribution is 0.0937. The van der Waals surface area contributed by atoms with Gasteiger partial charge in [0, 0.05) is 5.02 Å². The Morgan fingerprint density at radius 3 is 2.23 bits per heavy atom. The molecule has 0 fully saturated rings. The van der Waals surface area contributed by atoms with Crippen LogP contribution in [0.1, 0.15) is 42.7 Å². The molecule has 0 heterocycles. The number of carbonyl (C=O) groups is 1. The highest BCUT2D eigenvalue weighted by Crippen LogP contribution is 2.31. The van der Waals surface area contributed by atoms with E-state index in [-0.39, 0.29) is 18.1 Å². The fourth-order valence-corrected chi connectivity index (χ4v) is 2.69. The molecule has 140 valence electrons. The summed E-state index contributed by atoms with van der Waals surface area (Å²) in [6.07, 6.45) is 0.0437. The number of hydrogen-bond donors (Lipinski definition) is 1.